The Hall–Kier alpha value is -2.25. The predicted octanol–water partition coefficient (Wildman–Crippen LogP) is 3.02. The van der Waals surface area contributed by atoms with Crippen LogP contribution in [0.3, 0.4) is 0 Å². The molecule has 0 atom stereocenters. The molecule has 1 amide bonds. The van der Waals surface area contributed by atoms with E-state index in [1.54, 1.807) is 11.9 Å². The summed E-state index contributed by atoms with van der Waals surface area (Å²) in [5, 5.41) is 5.90. The van der Waals surface area contributed by atoms with Gasteiger partial charge in [-0.3, -0.25) is 4.79 Å². The lowest BCUT2D eigenvalue weighted by molar-refractivity contribution is -0.137. The molecule has 26 heavy (non-hydrogen) atoms. The minimum absolute atomic E-state index is 0.0308. The van der Waals surface area contributed by atoms with Crippen LogP contribution in [0.4, 0.5) is 13.2 Å². The van der Waals surface area contributed by atoms with Gasteiger partial charge in [0.2, 0.25) is 5.91 Å². The molecular formula is C18H27F3N4O. The third kappa shape index (κ3) is 7.76. The first-order valence-corrected chi connectivity index (χ1v) is 8.39. The van der Waals surface area contributed by atoms with Crippen molar-refractivity contribution >= 4 is 11.9 Å². The van der Waals surface area contributed by atoms with Gasteiger partial charge in [-0.1, -0.05) is 12.1 Å². The van der Waals surface area contributed by atoms with Crippen LogP contribution in [-0.2, 0) is 17.5 Å². The summed E-state index contributed by atoms with van der Waals surface area (Å²) in [5.41, 5.74) is -0.301. The summed E-state index contributed by atoms with van der Waals surface area (Å²) in [6, 6.07) is 5.00. The molecule has 0 saturated heterocycles. The second-order valence-corrected chi connectivity index (χ2v) is 7.02. The molecule has 0 spiro atoms. The smallest absolute Gasteiger partial charge is 0.357 e. The lowest BCUT2D eigenvalue weighted by Crippen LogP contribution is -2.43. The highest BCUT2D eigenvalue weighted by Gasteiger charge is 2.29. The summed E-state index contributed by atoms with van der Waals surface area (Å²) in [7, 11) is 1.76. The third-order valence-electron chi connectivity index (χ3n) is 3.28. The summed E-state index contributed by atoms with van der Waals surface area (Å²) in [6.45, 7) is 8.50. The van der Waals surface area contributed by atoms with Crippen molar-refractivity contribution in [3.05, 3.63) is 35.4 Å². The van der Waals surface area contributed by atoms with Gasteiger partial charge in [0.1, 0.15) is 6.54 Å². The summed E-state index contributed by atoms with van der Waals surface area (Å²) >= 11 is 0. The minimum atomic E-state index is -4.35. The molecular weight excluding hydrogens is 345 g/mol. The fourth-order valence-corrected chi connectivity index (χ4v) is 2.22. The molecule has 0 radical (unpaired) electrons. The number of amides is 1. The zero-order valence-electron chi connectivity index (χ0n) is 15.9. The lowest BCUT2D eigenvalue weighted by Gasteiger charge is -2.23. The number of carbonyl (C=O) groups is 1. The molecule has 0 bridgehead atoms. The maximum Gasteiger partial charge on any atom is 0.416 e. The molecule has 0 heterocycles. The molecule has 0 aliphatic rings. The maximum absolute atomic E-state index is 12.6. The van der Waals surface area contributed by atoms with E-state index in [4.69, 9.17) is 0 Å². The number of hydrogen-bond acceptors (Lipinski definition) is 2. The van der Waals surface area contributed by atoms with E-state index in [2.05, 4.69) is 15.6 Å². The Morgan fingerprint density at radius 3 is 2.19 bits per heavy atom. The minimum Gasteiger partial charge on any atom is -0.357 e. The number of nitrogens with one attached hydrogen (secondary N) is 2. The van der Waals surface area contributed by atoms with Crippen molar-refractivity contribution in [3.63, 3.8) is 0 Å². The molecule has 8 heteroatoms. The van der Waals surface area contributed by atoms with E-state index in [1.807, 2.05) is 27.7 Å². The highest BCUT2D eigenvalue weighted by molar-refractivity contribution is 5.85. The van der Waals surface area contributed by atoms with Crippen LogP contribution in [0.25, 0.3) is 0 Å². The zero-order chi connectivity index (χ0) is 20.0. The molecule has 0 saturated carbocycles. The molecule has 0 unspecified atom stereocenters. The van der Waals surface area contributed by atoms with Gasteiger partial charge in [0, 0.05) is 25.7 Å². The number of carbonyl (C=O) groups excluding carboxylic acids is 1. The molecule has 0 aliphatic heterocycles. The van der Waals surface area contributed by atoms with Crippen molar-refractivity contribution < 1.29 is 18.0 Å². The van der Waals surface area contributed by atoms with Crippen molar-refractivity contribution in [2.75, 3.05) is 20.1 Å². The lowest BCUT2D eigenvalue weighted by atomic mass is 10.1. The van der Waals surface area contributed by atoms with Crippen molar-refractivity contribution in [1.29, 1.82) is 0 Å². The van der Waals surface area contributed by atoms with E-state index in [1.165, 1.54) is 12.1 Å². The quantitative estimate of drug-likeness (QED) is 0.617. The number of alkyl halides is 3. The van der Waals surface area contributed by atoms with Crippen molar-refractivity contribution in [1.82, 2.24) is 15.5 Å². The Bertz CT molecular complexity index is 619. The fraction of sp³-hybridized carbons (Fsp3) is 0.556. The third-order valence-corrected chi connectivity index (χ3v) is 3.28. The van der Waals surface area contributed by atoms with Gasteiger partial charge in [0.25, 0.3) is 0 Å². The molecule has 0 aliphatic carbocycles. The molecule has 1 aromatic carbocycles. The highest BCUT2D eigenvalue weighted by atomic mass is 19.4. The van der Waals surface area contributed by atoms with Crippen LogP contribution < -0.4 is 10.6 Å². The first-order chi connectivity index (χ1) is 11.9. The number of guanidine groups is 1. The standard InChI is InChI=1S/C18H27F3N4O/c1-6-22-16(23-11-15(26)24-17(2,3)4)25(5)12-13-7-9-14(10-8-13)18(19,20)21/h7-10H,6,11-12H2,1-5H3,(H,22,23)(H,24,26). The molecule has 2 N–H and O–H groups in total. The van der Waals surface area contributed by atoms with E-state index in [0.29, 0.717) is 24.6 Å². The van der Waals surface area contributed by atoms with Crippen LogP contribution in [0.2, 0.25) is 0 Å². The summed E-state index contributed by atoms with van der Waals surface area (Å²) in [4.78, 5) is 18.0. The summed E-state index contributed by atoms with van der Waals surface area (Å²) in [5.74, 6) is 0.312. The fourth-order valence-electron chi connectivity index (χ4n) is 2.22. The van der Waals surface area contributed by atoms with E-state index in [-0.39, 0.29) is 18.0 Å². The van der Waals surface area contributed by atoms with Crippen molar-refractivity contribution in [3.8, 4) is 0 Å². The van der Waals surface area contributed by atoms with Crippen LogP contribution in [0.1, 0.15) is 38.8 Å². The summed E-state index contributed by atoms with van der Waals surface area (Å²) in [6.07, 6.45) is -4.35. The highest BCUT2D eigenvalue weighted by Crippen LogP contribution is 2.29. The number of halogens is 3. The van der Waals surface area contributed by atoms with Gasteiger partial charge in [-0.25, -0.2) is 4.99 Å². The molecule has 1 aromatic rings. The Kier molecular flexibility index (Phi) is 7.47. The summed E-state index contributed by atoms with van der Waals surface area (Å²) < 4.78 is 37.9. The van der Waals surface area contributed by atoms with Crippen LogP contribution in [0.5, 0.6) is 0 Å². The van der Waals surface area contributed by atoms with Crippen LogP contribution in [0.15, 0.2) is 29.3 Å². The monoisotopic (exact) mass is 372 g/mol. The average molecular weight is 372 g/mol. The van der Waals surface area contributed by atoms with Crippen molar-refractivity contribution in [2.45, 2.75) is 46.0 Å². The van der Waals surface area contributed by atoms with Crippen molar-refractivity contribution in [2.24, 2.45) is 4.99 Å². The van der Waals surface area contributed by atoms with Gasteiger partial charge in [0.15, 0.2) is 5.96 Å². The molecule has 146 valence electrons. The Balaban J connectivity index is 2.77. The van der Waals surface area contributed by atoms with Gasteiger partial charge in [-0.2, -0.15) is 13.2 Å². The number of nitrogens with zero attached hydrogens (tertiary/aromatic N) is 2. The van der Waals surface area contributed by atoms with Gasteiger partial charge >= 0.3 is 6.18 Å². The number of benzene rings is 1. The largest absolute Gasteiger partial charge is 0.416 e. The van der Waals surface area contributed by atoms with Gasteiger partial charge in [-0.05, 0) is 45.4 Å². The average Bonchev–Trinajstić information content (AvgIpc) is 2.49. The van der Waals surface area contributed by atoms with E-state index in [9.17, 15) is 18.0 Å². The number of rotatable bonds is 5. The Morgan fingerprint density at radius 1 is 1.15 bits per heavy atom. The first-order valence-electron chi connectivity index (χ1n) is 8.39. The van der Waals surface area contributed by atoms with Gasteiger partial charge < -0.3 is 15.5 Å². The molecule has 1 rings (SSSR count). The van der Waals surface area contributed by atoms with Crippen LogP contribution in [0, 0.1) is 0 Å². The number of hydrogen-bond donors (Lipinski definition) is 2. The molecule has 5 nitrogen and oxygen atoms in total. The maximum atomic E-state index is 12.6. The van der Waals surface area contributed by atoms with Gasteiger partial charge in [0.05, 0.1) is 5.56 Å². The number of aliphatic imine (C=N–C) groups is 1. The van der Waals surface area contributed by atoms with E-state index >= 15 is 0 Å². The normalized spacial score (nSPS) is 12.7. The van der Waals surface area contributed by atoms with Crippen LogP contribution in [-0.4, -0.2) is 42.4 Å². The van der Waals surface area contributed by atoms with Crippen LogP contribution >= 0.6 is 0 Å². The second kappa shape index (κ2) is 8.91. The Labute approximate surface area is 152 Å². The second-order valence-electron chi connectivity index (χ2n) is 7.02. The first kappa shape index (κ1) is 21.8. The molecule has 0 aromatic heterocycles. The van der Waals surface area contributed by atoms with Gasteiger partial charge in [-0.15, -0.1) is 0 Å². The topological polar surface area (TPSA) is 56.7 Å². The Morgan fingerprint density at radius 2 is 1.73 bits per heavy atom. The zero-order valence-corrected chi connectivity index (χ0v) is 15.9. The molecule has 0 fully saturated rings. The van der Waals surface area contributed by atoms with E-state index < -0.39 is 11.7 Å². The van der Waals surface area contributed by atoms with E-state index in [0.717, 1.165) is 12.1 Å². The predicted molar refractivity (Wildman–Crippen MR) is 96.8 cm³/mol. The SMILES string of the molecule is CCNC(=NCC(=O)NC(C)(C)C)N(C)Cc1ccc(C(F)(F)F)cc1.